The van der Waals surface area contributed by atoms with Crippen molar-refractivity contribution in [3.8, 4) is 5.75 Å². The summed E-state index contributed by atoms with van der Waals surface area (Å²) in [5, 5.41) is 16.5. The molecule has 3 aromatic rings. The molecule has 0 unspecified atom stereocenters. The molecule has 1 aliphatic heterocycles. The lowest BCUT2D eigenvalue weighted by atomic mass is 10.1. The third kappa shape index (κ3) is 6.10. The number of amides is 1. The third-order valence-electron chi connectivity index (χ3n) is 6.19. The second kappa shape index (κ2) is 12.1. The maximum absolute atomic E-state index is 14.2. The van der Waals surface area contributed by atoms with E-state index in [1.165, 1.54) is 25.3 Å². The number of hydrogen-bond donors (Lipinski definition) is 2. The van der Waals surface area contributed by atoms with Crippen LogP contribution >= 0.6 is 23.8 Å². The Labute approximate surface area is 239 Å². The van der Waals surface area contributed by atoms with Crippen molar-refractivity contribution in [2.45, 2.75) is 0 Å². The number of carbonyl (C=O) groups is 1. The molecule has 0 bridgehead atoms. The number of thiocarbonyl (C=S) groups is 1. The van der Waals surface area contributed by atoms with Crippen LogP contribution in [0.2, 0.25) is 5.02 Å². The monoisotopic (exact) mass is 615 g/mol. The maximum Gasteiger partial charge on any atom is 0.311 e. The van der Waals surface area contributed by atoms with Crippen molar-refractivity contribution < 1.29 is 36.4 Å². The molecule has 1 heterocycles. The second-order valence-electron chi connectivity index (χ2n) is 8.61. The highest BCUT2D eigenvalue weighted by atomic mass is 35.5. The summed E-state index contributed by atoms with van der Waals surface area (Å²) in [6, 6.07) is 8.38. The number of ether oxygens (including phenoxy) is 1. The van der Waals surface area contributed by atoms with Crippen LogP contribution in [0.5, 0.6) is 5.75 Å². The van der Waals surface area contributed by atoms with Gasteiger partial charge in [-0.1, -0.05) is 11.6 Å². The fraction of sp³-hybridized carbons (Fsp3) is 0.200. The molecule has 41 heavy (non-hydrogen) atoms. The van der Waals surface area contributed by atoms with Crippen LogP contribution in [0.4, 0.5) is 44.7 Å². The van der Waals surface area contributed by atoms with Crippen LogP contribution in [0.25, 0.3) is 0 Å². The summed E-state index contributed by atoms with van der Waals surface area (Å²) in [7, 11) is 1.26. The van der Waals surface area contributed by atoms with E-state index in [4.69, 9.17) is 28.6 Å². The van der Waals surface area contributed by atoms with Gasteiger partial charge in [0.1, 0.15) is 5.69 Å². The lowest BCUT2D eigenvalue weighted by Gasteiger charge is -2.38. The largest absolute Gasteiger partial charge is 0.490 e. The average Bonchev–Trinajstić information content (AvgIpc) is 2.95. The van der Waals surface area contributed by atoms with Gasteiger partial charge in [-0.2, -0.15) is 0 Å². The molecule has 0 aliphatic carbocycles. The zero-order valence-corrected chi connectivity index (χ0v) is 22.5. The highest BCUT2D eigenvalue weighted by molar-refractivity contribution is 7.80. The molecule has 0 saturated carbocycles. The van der Waals surface area contributed by atoms with Gasteiger partial charge in [0.2, 0.25) is 5.82 Å². The van der Waals surface area contributed by atoms with E-state index >= 15 is 0 Å². The van der Waals surface area contributed by atoms with Crippen LogP contribution in [0.3, 0.4) is 0 Å². The first-order chi connectivity index (χ1) is 19.4. The average molecular weight is 616 g/mol. The molecule has 216 valence electrons. The van der Waals surface area contributed by atoms with Crippen LogP contribution in [0.15, 0.2) is 36.4 Å². The summed E-state index contributed by atoms with van der Waals surface area (Å²) in [6.45, 7) is 0.228. The van der Waals surface area contributed by atoms with E-state index in [0.29, 0.717) is 11.4 Å². The number of carbonyl (C=O) groups excluding carboxylic acids is 1. The Morgan fingerprint density at radius 2 is 1.54 bits per heavy atom. The highest BCUT2D eigenvalue weighted by Crippen LogP contribution is 2.34. The molecular formula is C25H19ClF5N5O4S. The van der Waals surface area contributed by atoms with Crippen molar-refractivity contribution >= 4 is 57.6 Å². The molecule has 0 aromatic heterocycles. The molecule has 0 atom stereocenters. The van der Waals surface area contributed by atoms with Gasteiger partial charge < -0.3 is 19.9 Å². The minimum absolute atomic E-state index is 0.0130. The van der Waals surface area contributed by atoms with Crippen molar-refractivity contribution in [3.05, 3.63) is 86.2 Å². The SMILES string of the molecule is COc1ccc(C(=O)NC(=S)Nc2ccc(N3CCN(c4c(F)c(F)c(F)c(F)c4F)CC3)c(Cl)c2)cc1[N+](=O)[O-]. The number of nitrogens with one attached hydrogen (secondary N) is 2. The zero-order valence-electron chi connectivity index (χ0n) is 20.9. The Morgan fingerprint density at radius 3 is 2.10 bits per heavy atom. The van der Waals surface area contributed by atoms with Crippen molar-refractivity contribution in [1.29, 1.82) is 0 Å². The number of piperazine rings is 1. The predicted octanol–water partition coefficient (Wildman–Crippen LogP) is 5.41. The summed E-state index contributed by atoms with van der Waals surface area (Å²) in [6.07, 6.45) is 0. The van der Waals surface area contributed by atoms with Gasteiger partial charge in [-0.15, -0.1) is 0 Å². The molecule has 0 radical (unpaired) electrons. The molecule has 1 saturated heterocycles. The van der Waals surface area contributed by atoms with E-state index in [-0.39, 0.29) is 47.6 Å². The summed E-state index contributed by atoms with van der Waals surface area (Å²) < 4.78 is 74.0. The Hall–Kier alpha value is -4.24. The van der Waals surface area contributed by atoms with E-state index < -0.39 is 51.3 Å². The number of benzene rings is 3. The first kappa shape index (κ1) is 29.7. The van der Waals surface area contributed by atoms with Gasteiger partial charge in [-0.3, -0.25) is 20.2 Å². The Bertz CT molecular complexity index is 1530. The quantitative estimate of drug-likeness (QED) is 0.0949. The number of rotatable bonds is 6. The van der Waals surface area contributed by atoms with E-state index in [9.17, 15) is 36.9 Å². The van der Waals surface area contributed by atoms with Crippen molar-refractivity contribution in [1.82, 2.24) is 5.32 Å². The number of methoxy groups -OCH3 is 1. The topological polar surface area (TPSA) is 100.0 Å². The normalized spacial score (nSPS) is 13.1. The summed E-state index contributed by atoms with van der Waals surface area (Å²) in [5.41, 5.74) is -0.472. The number of nitrogens with zero attached hydrogens (tertiary/aromatic N) is 3. The van der Waals surface area contributed by atoms with Crippen molar-refractivity contribution in [2.75, 3.05) is 48.4 Å². The molecule has 1 aliphatic rings. The number of halogens is 6. The Kier molecular flexibility index (Phi) is 8.77. The van der Waals surface area contributed by atoms with Gasteiger partial charge in [0.15, 0.2) is 34.1 Å². The maximum atomic E-state index is 14.2. The third-order valence-corrected chi connectivity index (χ3v) is 6.70. The van der Waals surface area contributed by atoms with Crippen LogP contribution in [-0.2, 0) is 0 Å². The molecule has 0 spiro atoms. The lowest BCUT2D eigenvalue weighted by molar-refractivity contribution is -0.385. The standard InChI is InChI=1S/C25H19ClF5N5O4S/c1-40-17-5-2-12(10-16(17)36(38)39)24(37)33-25(41)32-13-3-4-15(14(26)11-13)34-6-8-35(9-7-34)23-21(30)19(28)18(27)20(29)22(23)31/h2-5,10-11H,6-9H2,1H3,(H2,32,33,37,41). The number of nitro benzene ring substituents is 1. The smallest absolute Gasteiger partial charge is 0.311 e. The van der Waals surface area contributed by atoms with E-state index in [1.807, 2.05) is 0 Å². The fourth-order valence-corrected chi connectivity index (χ4v) is 4.71. The first-order valence-electron chi connectivity index (χ1n) is 11.7. The summed E-state index contributed by atoms with van der Waals surface area (Å²) >= 11 is 11.6. The van der Waals surface area contributed by atoms with E-state index in [0.717, 1.165) is 11.0 Å². The molecule has 2 N–H and O–H groups in total. The van der Waals surface area contributed by atoms with Gasteiger partial charge in [0.25, 0.3) is 5.91 Å². The van der Waals surface area contributed by atoms with Crippen molar-refractivity contribution in [2.24, 2.45) is 0 Å². The minimum Gasteiger partial charge on any atom is -0.490 e. The molecule has 1 amide bonds. The lowest BCUT2D eigenvalue weighted by Crippen LogP contribution is -2.47. The molecule has 16 heteroatoms. The first-order valence-corrected chi connectivity index (χ1v) is 12.5. The van der Waals surface area contributed by atoms with E-state index in [1.54, 1.807) is 17.0 Å². The molecule has 1 fully saturated rings. The van der Waals surface area contributed by atoms with Crippen LogP contribution in [0.1, 0.15) is 10.4 Å². The summed E-state index contributed by atoms with van der Waals surface area (Å²) in [5.74, 6) is -10.7. The van der Waals surface area contributed by atoms with Crippen LogP contribution in [-0.4, -0.2) is 49.2 Å². The van der Waals surface area contributed by atoms with Crippen molar-refractivity contribution in [3.63, 3.8) is 0 Å². The highest BCUT2D eigenvalue weighted by Gasteiger charge is 2.31. The molecule has 4 rings (SSSR count). The van der Waals surface area contributed by atoms with Crippen LogP contribution in [0, 0.1) is 39.2 Å². The fourth-order valence-electron chi connectivity index (χ4n) is 4.19. The summed E-state index contributed by atoms with van der Waals surface area (Å²) in [4.78, 5) is 25.9. The molecule has 9 nitrogen and oxygen atoms in total. The van der Waals surface area contributed by atoms with Gasteiger partial charge in [0.05, 0.1) is 22.7 Å². The predicted molar refractivity (Wildman–Crippen MR) is 145 cm³/mol. The van der Waals surface area contributed by atoms with Gasteiger partial charge in [0, 0.05) is 43.5 Å². The van der Waals surface area contributed by atoms with E-state index in [2.05, 4.69) is 10.6 Å². The minimum atomic E-state index is -2.22. The molecule has 3 aromatic carbocycles. The number of nitro groups is 1. The zero-order chi connectivity index (χ0) is 30.0. The van der Waals surface area contributed by atoms with Gasteiger partial charge in [-0.25, -0.2) is 22.0 Å². The van der Waals surface area contributed by atoms with Gasteiger partial charge >= 0.3 is 5.69 Å². The Morgan fingerprint density at radius 1 is 0.951 bits per heavy atom. The van der Waals surface area contributed by atoms with Gasteiger partial charge in [-0.05, 0) is 42.5 Å². The number of hydrogen-bond acceptors (Lipinski definition) is 7. The van der Waals surface area contributed by atoms with Crippen LogP contribution < -0.4 is 25.2 Å². The molecular weight excluding hydrogens is 597 g/mol. The second-order valence-corrected chi connectivity index (χ2v) is 9.43. The Balaban J connectivity index is 1.39. The number of anilines is 3.